The lowest BCUT2D eigenvalue weighted by molar-refractivity contribution is -0.132. The van der Waals surface area contributed by atoms with Crippen LogP contribution in [0.2, 0.25) is 0 Å². The summed E-state index contributed by atoms with van der Waals surface area (Å²) in [6, 6.07) is 4.43. The number of nitrogens with zero attached hydrogens (tertiary/aromatic N) is 3. The average Bonchev–Trinajstić information content (AvgIpc) is 2.48. The van der Waals surface area contributed by atoms with Gasteiger partial charge < -0.3 is 10.2 Å². The summed E-state index contributed by atoms with van der Waals surface area (Å²) in [4.78, 5) is 20.3. The van der Waals surface area contributed by atoms with Crippen molar-refractivity contribution in [2.75, 3.05) is 39.8 Å². The van der Waals surface area contributed by atoms with E-state index in [1.54, 1.807) is 13.2 Å². The summed E-state index contributed by atoms with van der Waals surface area (Å²) in [5.74, 6) is 0.191. The fourth-order valence-electron chi connectivity index (χ4n) is 2.46. The van der Waals surface area contributed by atoms with Crippen molar-refractivity contribution in [2.24, 2.45) is 0 Å². The molecule has 0 spiro atoms. The van der Waals surface area contributed by atoms with Crippen LogP contribution in [0.4, 0.5) is 0 Å². The first-order valence-electron chi connectivity index (χ1n) is 6.78. The van der Waals surface area contributed by atoms with Crippen molar-refractivity contribution in [2.45, 2.75) is 13.0 Å². The quantitative estimate of drug-likeness (QED) is 0.859. The normalized spacial score (nSPS) is 18.3. The van der Waals surface area contributed by atoms with E-state index in [1.807, 2.05) is 17.2 Å². The topological polar surface area (TPSA) is 48.5 Å². The number of pyridine rings is 1. The van der Waals surface area contributed by atoms with Gasteiger partial charge in [0.1, 0.15) is 0 Å². The highest BCUT2D eigenvalue weighted by atomic mass is 16.2. The van der Waals surface area contributed by atoms with E-state index in [0.717, 1.165) is 26.2 Å². The molecule has 1 aromatic heterocycles. The summed E-state index contributed by atoms with van der Waals surface area (Å²) >= 11 is 0. The first-order chi connectivity index (χ1) is 9.22. The Morgan fingerprint density at radius 2 is 2.16 bits per heavy atom. The summed E-state index contributed by atoms with van der Waals surface area (Å²) in [5, 5.41) is 2.91. The van der Waals surface area contributed by atoms with Crippen LogP contribution >= 0.6 is 0 Å². The number of amides is 1. The highest BCUT2D eigenvalue weighted by molar-refractivity contribution is 5.78. The SMILES string of the molecule is CNCC(=O)N1CCN(C(C)c2cccnc2)CC1. The standard InChI is InChI=1S/C14H22N4O/c1-12(13-4-3-5-16-10-13)17-6-8-18(9-7-17)14(19)11-15-2/h3-5,10,12,15H,6-9,11H2,1-2H3. The van der Waals surface area contributed by atoms with Crippen LogP contribution in [0, 0.1) is 0 Å². The molecule has 1 unspecified atom stereocenters. The van der Waals surface area contributed by atoms with Gasteiger partial charge in [0.05, 0.1) is 6.54 Å². The van der Waals surface area contributed by atoms with Crippen LogP contribution in [0.25, 0.3) is 0 Å². The van der Waals surface area contributed by atoms with Gasteiger partial charge in [-0.3, -0.25) is 14.7 Å². The molecule has 2 heterocycles. The Morgan fingerprint density at radius 1 is 1.42 bits per heavy atom. The molecule has 2 rings (SSSR count). The molecule has 19 heavy (non-hydrogen) atoms. The molecule has 0 saturated carbocycles. The second-order valence-corrected chi connectivity index (χ2v) is 4.91. The molecule has 1 atom stereocenters. The van der Waals surface area contributed by atoms with Gasteiger partial charge >= 0.3 is 0 Å². The third-order valence-electron chi connectivity index (χ3n) is 3.71. The first-order valence-corrected chi connectivity index (χ1v) is 6.78. The fourth-order valence-corrected chi connectivity index (χ4v) is 2.46. The van der Waals surface area contributed by atoms with Gasteiger partial charge in [0.2, 0.25) is 5.91 Å². The maximum atomic E-state index is 11.8. The lowest BCUT2D eigenvalue weighted by atomic mass is 10.1. The van der Waals surface area contributed by atoms with E-state index >= 15 is 0 Å². The van der Waals surface area contributed by atoms with Crippen molar-refractivity contribution >= 4 is 5.91 Å². The lowest BCUT2D eigenvalue weighted by Gasteiger charge is -2.38. The van der Waals surface area contributed by atoms with E-state index in [9.17, 15) is 4.79 Å². The summed E-state index contributed by atoms with van der Waals surface area (Å²) in [5.41, 5.74) is 1.23. The number of carbonyl (C=O) groups excluding carboxylic acids is 1. The van der Waals surface area contributed by atoms with E-state index in [0.29, 0.717) is 12.6 Å². The fraction of sp³-hybridized carbons (Fsp3) is 0.571. The van der Waals surface area contributed by atoms with Gasteiger partial charge in [-0.25, -0.2) is 0 Å². The van der Waals surface area contributed by atoms with Gasteiger partial charge in [-0.1, -0.05) is 6.07 Å². The maximum absolute atomic E-state index is 11.8. The Balaban J connectivity index is 1.88. The first kappa shape index (κ1) is 14.0. The molecular weight excluding hydrogens is 240 g/mol. The third-order valence-corrected chi connectivity index (χ3v) is 3.71. The van der Waals surface area contributed by atoms with Crippen molar-refractivity contribution < 1.29 is 4.79 Å². The largest absolute Gasteiger partial charge is 0.339 e. The second-order valence-electron chi connectivity index (χ2n) is 4.91. The average molecular weight is 262 g/mol. The minimum absolute atomic E-state index is 0.191. The molecule has 1 aromatic rings. The zero-order valence-corrected chi connectivity index (χ0v) is 11.7. The van der Waals surface area contributed by atoms with E-state index in [2.05, 4.69) is 28.2 Å². The number of rotatable bonds is 4. The van der Waals surface area contributed by atoms with Crippen LogP contribution < -0.4 is 5.32 Å². The smallest absolute Gasteiger partial charge is 0.236 e. The summed E-state index contributed by atoms with van der Waals surface area (Å²) in [6.45, 7) is 6.09. The molecule has 1 N–H and O–H groups in total. The number of likely N-dealkylation sites (N-methyl/N-ethyl adjacent to an activating group) is 1. The zero-order chi connectivity index (χ0) is 13.7. The predicted octanol–water partition coefficient (Wildman–Crippen LogP) is 0.506. The van der Waals surface area contributed by atoms with Crippen molar-refractivity contribution in [3.05, 3.63) is 30.1 Å². The highest BCUT2D eigenvalue weighted by Gasteiger charge is 2.24. The molecule has 1 fully saturated rings. The molecule has 1 aliphatic heterocycles. The Bertz CT molecular complexity index is 401. The Hall–Kier alpha value is -1.46. The molecule has 5 heteroatoms. The summed E-state index contributed by atoms with van der Waals surface area (Å²) in [6.07, 6.45) is 3.72. The van der Waals surface area contributed by atoms with Crippen molar-refractivity contribution in [3.8, 4) is 0 Å². The number of piperazine rings is 1. The number of hydrogen-bond acceptors (Lipinski definition) is 4. The molecule has 1 aliphatic rings. The molecule has 0 bridgehead atoms. The maximum Gasteiger partial charge on any atom is 0.236 e. The van der Waals surface area contributed by atoms with Crippen LogP contribution in [0.15, 0.2) is 24.5 Å². The Morgan fingerprint density at radius 3 is 2.74 bits per heavy atom. The summed E-state index contributed by atoms with van der Waals surface area (Å²) in [7, 11) is 1.80. The number of nitrogens with one attached hydrogen (secondary N) is 1. The molecule has 5 nitrogen and oxygen atoms in total. The van der Waals surface area contributed by atoms with Crippen molar-refractivity contribution in [1.82, 2.24) is 20.1 Å². The van der Waals surface area contributed by atoms with E-state index < -0.39 is 0 Å². The van der Waals surface area contributed by atoms with Crippen LogP contribution in [-0.4, -0.2) is 60.5 Å². The molecule has 0 radical (unpaired) electrons. The van der Waals surface area contributed by atoms with Gasteiger partial charge in [-0.15, -0.1) is 0 Å². The molecule has 0 aliphatic carbocycles. The third kappa shape index (κ3) is 3.52. The number of hydrogen-bond donors (Lipinski definition) is 1. The molecule has 1 amide bonds. The zero-order valence-electron chi connectivity index (χ0n) is 11.7. The van der Waals surface area contributed by atoms with E-state index in [1.165, 1.54) is 5.56 Å². The molecule has 1 saturated heterocycles. The number of carbonyl (C=O) groups is 1. The minimum Gasteiger partial charge on any atom is -0.339 e. The minimum atomic E-state index is 0.191. The van der Waals surface area contributed by atoms with Crippen LogP contribution in [0.1, 0.15) is 18.5 Å². The summed E-state index contributed by atoms with van der Waals surface area (Å²) < 4.78 is 0. The second kappa shape index (κ2) is 6.63. The molecular formula is C14H22N4O. The molecule has 0 aromatic carbocycles. The molecule has 104 valence electrons. The lowest BCUT2D eigenvalue weighted by Crippen LogP contribution is -2.51. The van der Waals surface area contributed by atoms with Gasteiger partial charge in [0, 0.05) is 44.6 Å². The van der Waals surface area contributed by atoms with Gasteiger partial charge in [-0.05, 0) is 25.6 Å². The predicted molar refractivity (Wildman–Crippen MR) is 74.7 cm³/mol. The van der Waals surface area contributed by atoms with Crippen LogP contribution in [0.5, 0.6) is 0 Å². The van der Waals surface area contributed by atoms with Gasteiger partial charge in [-0.2, -0.15) is 0 Å². The van der Waals surface area contributed by atoms with Crippen molar-refractivity contribution in [1.29, 1.82) is 0 Å². The van der Waals surface area contributed by atoms with Crippen LogP contribution in [0.3, 0.4) is 0 Å². The Labute approximate surface area is 114 Å². The number of aromatic nitrogens is 1. The van der Waals surface area contributed by atoms with E-state index in [4.69, 9.17) is 0 Å². The van der Waals surface area contributed by atoms with Gasteiger partial charge in [0.25, 0.3) is 0 Å². The highest BCUT2D eigenvalue weighted by Crippen LogP contribution is 2.20. The Kier molecular flexibility index (Phi) is 4.87. The van der Waals surface area contributed by atoms with Crippen molar-refractivity contribution in [3.63, 3.8) is 0 Å². The van der Waals surface area contributed by atoms with Gasteiger partial charge in [0.15, 0.2) is 0 Å². The monoisotopic (exact) mass is 262 g/mol. The van der Waals surface area contributed by atoms with Crippen LogP contribution in [-0.2, 0) is 4.79 Å². The van der Waals surface area contributed by atoms with E-state index in [-0.39, 0.29) is 5.91 Å².